The van der Waals surface area contributed by atoms with Crippen LogP contribution in [0.5, 0.6) is 0 Å². The summed E-state index contributed by atoms with van der Waals surface area (Å²) in [7, 11) is 0. The van der Waals surface area contributed by atoms with Gasteiger partial charge >= 0.3 is 5.97 Å². The molecule has 7 heteroatoms. The van der Waals surface area contributed by atoms with Crippen LogP contribution in [0, 0.1) is 11.7 Å². The molecule has 128 valence electrons. The van der Waals surface area contributed by atoms with Crippen LogP contribution in [0.4, 0.5) is 4.39 Å². The van der Waals surface area contributed by atoms with Gasteiger partial charge in [-0.05, 0) is 38.0 Å². The molecule has 2 heterocycles. The molecule has 2 aromatic rings. The van der Waals surface area contributed by atoms with Crippen LogP contribution >= 0.6 is 11.6 Å². The third kappa shape index (κ3) is 3.24. The van der Waals surface area contributed by atoms with E-state index in [9.17, 15) is 14.0 Å². The van der Waals surface area contributed by atoms with Crippen LogP contribution in [0.3, 0.4) is 0 Å². The fraction of sp³-hybridized carbons (Fsp3) is 0.412. The summed E-state index contributed by atoms with van der Waals surface area (Å²) in [6, 6.07) is 4.39. The highest BCUT2D eigenvalue weighted by atomic mass is 35.5. The summed E-state index contributed by atoms with van der Waals surface area (Å²) < 4.78 is 18.5. The average molecular weight is 353 g/mol. The summed E-state index contributed by atoms with van der Waals surface area (Å²) in [6.07, 6.45) is 1.18. The number of likely N-dealkylation sites (tertiary alicyclic amines) is 1. The second-order valence-corrected chi connectivity index (χ2v) is 6.26. The zero-order valence-electron chi connectivity index (χ0n) is 13.3. The summed E-state index contributed by atoms with van der Waals surface area (Å²) >= 11 is 5.76. The molecule has 1 aromatic carbocycles. The number of benzene rings is 1. The standard InChI is InChI=1S/C17H18ClFN2O3/c1-2-24-17(23)10-3-5-21(6-4-10)16(22)15-8-11-7-13(19)12(18)9-14(11)20-15/h7-10,20H,2-6H2,1H3. The van der Waals surface area contributed by atoms with E-state index in [0.717, 1.165) is 0 Å². The zero-order chi connectivity index (χ0) is 17.3. The van der Waals surface area contributed by atoms with Crippen molar-refractivity contribution < 1.29 is 18.7 Å². The highest BCUT2D eigenvalue weighted by molar-refractivity contribution is 6.31. The molecule has 1 saturated heterocycles. The van der Waals surface area contributed by atoms with Gasteiger partial charge in [0.15, 0.2) is 0 Å². The molecule has 0 bridgehead atoms. The van der Waals surface area contributed by atoms with Crippen LogP contribution in [0.1, 0.15) is 30.3 Å². The Kier molecular flexibility index (Phi) is 4.76. The third-order valence-corrected chi connectivity index (χ3v) is 4.58. The highest BCUT2D eigenvalue weighted by Crippen LogP contribution is 2.25. The van der Waals surface area contributed by atoms with E-state index in [1.807, 2.05) is 0 Å². The molecule has 3 rings (SSSR count). The lowest BCUT2D eigenvalue weighted by atomic mass is 9.97. The summed E-state index contributed by atoms with van der Waals surface area (Å²) in [5.74, 6) is -1.02. The minimum Gasteiger partial charge on any atom is -0.466 e. The van der Waals surface area contributed by atoms with Crippen LogP contribution in [0.25, 0.3) is 10.9 Å². The fourth-order valence-corrected chi connectivity index (χ4v) is 3.15. The number of nitrogens with zero attached hydrogens (tertiary/aromatic N) is 1. The Morgan fingerprint density at radius 1 is 1.33 bits per heavy atom. The van der Waals surface area contributed by atoms with Crippen molar-refractivity contribution in [2.45, 2.75) is 19.8 Å². The number of fused-ring (bicyclic) bond motifs is 1. The first-order valence-electron chi connectivity index (χ1n) is 7.93. The van der Waals surface area contributed by atoms with Gasteiger partial charge in [-0.2, -0.15) is 0 Å². The number of ether oxygens (including phenoxy) is 1. The van der Waals surface area contributed by atoms with Gasteiger partial charge in [0.05, 0.1) is 17.5 Å². The van der Waals surface area contributed by atoms with E-state index in [2.05, 4.69) is 4.98 Å². The van der Waals surface area contributed by atoms with E-state index in [4.69, 9.17) is 16.3 Å². The Hall–Kier alpha value is -2.08. The fourth-order valence-electron chi connectivity index (χ4n) is 2.99. The Morgan fingerprint density at radius 3 is 2.71 bits per heavy atom. The number of piperidine rings is 1. The number of carbonyl (C=O) groups excluding carboxylic acids is 2. The maximum Gasteiger partial charge on any atom is 0.309 e. The minimum absolute atomic E-state index is 0.0126. The molecule has 0 spiro atoms. The van der Waals surface area contributed by atoms with Gasteiger partial charge < -0.3 is 14.6 Å². The maximum atomic E-state index is 13.5. The average Bonchev–Trinajstić information content (AvgIpc) is 2.97. The quantitative estimate of drug-likeness (QED) is 0.861. The van der Waals surface area contributed by atoms with Gasteiger partial charge in [-0.15, -0.1) is 0 Å². The first-order chi connectivity index (χ1) is 11.5. The monoisotopic (exact) mass is 352 g/mol. The molecule has 0 saturated carbocycles. The molecule has 1 aromatic heterocycles. The molecular weight excluding hydrogens is 335 g/mol. The van der Waals surface area contributed by atoms with Crippen LogP contribution in [0.2, 0.25) is 5.02 Å². The molecule has 24 heavy (non-hydrogen) atoms. The summed E-state index contributed by atoms with van der Waals surface area (Å²) in [4.78, 5) is 29.0. The first-order valence-corrected chi connectivity index (χ1v) is 8.31. The predicted molar refractivity (Wildman–Crippen MR) is 88.5 cm³/mol. The molecule has 1 fully saturated rings. The Balaban J connectivity index is 1.70. The van der Waals surface area contributed by atoms with Gasteiger partial charge in [-0.1, -0.05) is 11.6 Å². The van der Waals surface area contributed by atoms with Crippen LogP contribution in [-0.2, 0) is 9.53 Å². The van der Waals surface area contributed by atoms with E-state index in [0.29, 0.717) is 49.1 Å². The number of rotatable bonds is 3. The van der Waals surface area contributed by atoms with Crippen molar-refractivity contribution >= 4 is 34.4 Å². The number of carbonyl (C=O) groups is 2. The van der Waals surface area contributed by atoms with E-state index in [1.165, 1.54) is 12.1 Å². The SMILES string of the molecule is CCOC(=O)C1CCN(C(=O)c2cc3cc(F)c(Cl)cc3[nH]2)CC1. The molecular formula is C17H18ClFN2O3. The van der Waals surface area contributed by atoms with Crippen molar-refractivity contribution in [2.75, 3.05) is 19.7 Å². The zero-order valence-corrected chi connectivity index (χ0v) is 14.0. The van der Waals surface area contributed by atoms with Crippen molar-refractivity contribution in [3.05, 3.63) is 34.7 Å². The summed E-state index contributed by atoms with van der Waals surface area (Å²) in [6.45, 7) is 3.13. The third-order valence-electron chi connectivity index (χ3n) is 4.29. The van der Waals surface area contributed by atoms with E-state index < -0.39 is 5.82 Å². The Labute approximate surface area is 143 Å². The number of amides is 1. The number of esters is 1. The van der Waals surface area contributed by atoms with Gasteiger partial charge in [0.2, 0.25) is 0 Å². The number of nitrogens with one attached hydrogen (secondary N) is 1. The Bertz CT molecular complexity index is 742. The van der Waals surface area contributed by atoms with Crippen molar-refractivity contribution in [3.63, 3.8) is 0 Å². The smallest absolute Gasteiger partial charge is 0.309 e. The largest absolute Gasteiger partial charge is 0.466 e. The van der Waals surface area contributed by atoms with Crippen molar-refractivity contribution in [3.8, 4) is 0 Å². The lowest BCUT2D eigenvalue weighted by Crippen LogP contribution is -2.40. The molecule has 5 nitrogen and oxygen atoms in total. The predicted octanol–water partition coefficient (Wildman–Crippen LogP) is 3.38. The normalized spacial score (nSPS) is 15.7. The van der Waals surface area contributed by atoms with Crippen molar-refractivity contribution in [1.29, 1.82) is 0 Å². The Morgan fingerprint density at radius 2 is 2.04 bits per heavy atom. The van der Waals surface area contributed by atoms with E-state index in [-0.39, 0.29) is 22.8 Å². The van der Waals surface area contributed by atoms with Gasteiger partial charge in [0, 0.05) is 24.0 Å². The number of aromatic amines is 1. The maximum absolute atomic E-state index is 13.5. The van der Waals surface area contributed by atoms with Crippen LogP contribution in [-0.4, -0.2) is 41.5 Å². The van der Waals surface area contributed by atoms with E-state index in [1.54, 1.807) is 17.9 Å². The second kappa shape index (κ2) is 6.81. The highest BCUT2D eigenvalue weighted by Gasteiger charge is 2.29. The van der Waals surface area contributed by atoms with Crippen molar-refractivity contribution in [1.82, 2.24) is 9.88 Å². The van der Waals surface area contributed by atoms with Gasteiger partial charge in [0.1, 0.15) is 11.5 Å². The van der Waals surface area contributed by atoms with Crippen LogP contribution in [0.15, 0.2) is 18.2 Å². The lowest BCUT2D eigenvalue weighted by Gasteiger charge is -2.30. The molecule has 1 N–H and O–H groups in total. The van der Waals surface area contributed by atoms with Gasteiger partial charge in [0.25, 0.3) is 5.91 Å². The van der Waals surface area contributed by atoms with Crippen LogP contribution < -0.4 is 0 Å². The topological polar surface area (TPSA) is 62.4 Å². The number of hydrogen-bond donors (Lipinski definition) is 1. The van der Waals surface area contributed by atoms with Crippen molar-refractivity contribution in [2.24, 2.45) is 5.92 Å². The number of halogens is 2. The first kappa shape index (κ1) is 16.8. The number of hydrogen-bond acceptors (Lipinski definition) is 3. The molecule has 1 aliphatic rings. The van der Waals surface area contributed by atoms with E-state index >= 15 is 0 Å². The second-order valence-electron chi connectivity index (χ2n) is 5.86. The molecule has 0 atom stereocenters. The van der Waals surface area contributed by atoms with Gasteiger partial charge in [-0.3, -0.25) is 9.59 Å². The summed E-state index contributed by atoms with van der Waals surface area (Å²) in [5.41, 5.74) is 1.01. The summed E-state index contributed by atoms with van der Waals surface area (Å²) in [5, 5.41) is 0.611. The molecule has 0 aliphatic carbocycles. The lowest BCUT2D eigenvalue weighted by molar-refractivity contribution is -0.149. The number of H-pyrrole nitrogens is 1. The molecule has 1 amide bonds. The molecule has 1 aliphatic heterocycles. The molecule has 0 radical (unpaired) electrons. The molecule has 0 unspecified atom stereocenters. The van der Waals surface area contributed by atoms with Gasteiger partial charge in [-0.25, -0.2) is 4.39 Å². The number of aromatic nitrogens is 1. The minimum atomic E-state index is -0.516.